The second-order valence-corrected chi connectivity index (χ2v) is 7.87. The van der Waals surface area contributed by atoms with Crippen LogP contribution in [0, 0.1) is 0 Å². The lowest BCUT2D eigenvalue weighted by Crippen LogP contribution is -2.03. The molecule has 5 aromatic rings. The highest BCUT2D eigenvalue weighted by molar-refractivity contribution is 6.09. The molecule has 0 atom stereocenters. The summed E-state index contributed by atoms with van der Waals surface area (Å²) in [5, 5.41) is 5.01. The Kier molecular flexibility index (Phi) is 5.35. The lowest BCUT2D eigenvalue weighted by molar-refractivity contribution is 0.462. The zero-order valence-corrected chi connectivity index (χ0v) is 18.1. The first kappa shape index (κ1) is 19.9. The fourth-order valence-corrected chi connectivity index (χ4v) is 4.29. The third-order valence-corrected chi connectivity index (χ3v) is 5.81. The van der Waals surface area contributed by atoms with Crippen LogP contribution in [0.5, 0.6) is 11.5 Å². The average molecular weight is 416 g/mol. The van der Waals surface area contributed by atoms with Crippen LogP contribution in [0.25, 0.3) is 32.6 Å². The van der Waals surface area contributed by atoms with E-state index in [2.05, 4.69) is 84.4 Å². The van der Waals surface area contributed by atoms with Gasteiger partial charge >= 0.3 is 0 Å². The van der Waals surface area contributed by atoms with Crippen LogP contribution in [0.2, 0.25) is 0 Å². The molecule has 0 aliphatic carbocycles. The predicted octanol–water partition coefficient (Wildman–Crippen LogP) is 8.48. The van der Waals surface area contributed by atoms with Crippen molar-refractivity contribution < 1.29 is 4.74 Å². The Balaban J connectivity index is 0.000000272. The second kappa shape index (κ2) is 8.60. The topological polar surface area (TPSA) is 25.0 Å². The van der Waals surface area contributed by atoms with Gasteiger partial charge in [-0.25, -0.2) is 0 Å². The molecule has 0 unspecified atom stereocenters. The smallest absolute Gasteiger partial charge is 0.133 e. The van der Waals surface area contributed by atoms with E-state index >= 15 is 0 Å². The molecule has 0 saturated heterocycles. The quantitative estimate of drug-likeness (QED) is 0.282. The summed E-state index contributed by atoms with van der Waals surface area (Å²) in [6, 6.07) is 25.6. The monoisotopic (exact) mass is 415 g/mol. The fraction of sp³-hybridized carbons (Fsp3) is 0.0667. The van der Waals surface area contributed by atoms with Crippen LogP contribution in [0.15, 0.2) is 110 Å². The Morgan fingerprint density at radius 1 is 0.812 bits per heavy atom. The highest BCUT2D eigenvalue weighted by atomic mass is 16.5. The normalized spacial score (nSPS) is 12.5. The predicted molar refractivity (Wildman–Crippen MR) is 137 cm³/mol. The molecule has 1 aromatic heterocycles. The van der Waals surface area contributed by atoms with E-state index in [0.717, 1.165) is 17.9 Å². The number of benzene rings is 4. The summed E-state index contributed by atoms with van der Waals surface area (Å²) in [5.74, 6) is 1.93. The molecule has 0 fully saturated rings. The maximum Gasteiger partial charge on any atom is 0.133 e. The summed E-state index contributed by atoms with van der Waals surface area (Å²) in [6.07, 6.45) is 10.4. The summed E-state index contributed by atoms with van der Waals surface area (Å²) < 4.78 is 6.27. The minimum absolute atomic E-state index is 0.889. The largest absolute Gasteiger partial charge is 0.457 e. The highest BCUT2D eigenvalue weighted by Crippen LogP contribution is 2.42. The summed E-state index contributed by atoms with van der Waals surface area (Å²) >= 11 is 0. The van der Waals surface area contributed by atoms with Crippen molar-refractivity contribution in [3.05, 3.63) is 121 Å². The van der Waals surface area contributed by atoms with E-state index in [4.69, 9.17) is 4.74 Å². The molecule has 4 aromatic carbocycles. The summed E-state index contributed by atoms with van der Waals surface area (Å²) in [7, 11) is 0. The number of ether oxygens (including phenoxy) is 1. The number of aromatic nitrogens is 1. The van der Waals surface area contributed by atoms with Gasteiger partial charge in [0.25, 0.3) is 0 Å². The molecule has 0 amide bonds. The zero-order chi connectivity index (χ0) is 21.9. The number of aromatic amines is 1. The number of hydrogen-bond acceptors (Lipinski definition) is 1. The lowest BCUT2D eigenvalue weighted by Gasteiger charge is -2.21. The first-order valence-corrected chi connectivity index (χ1v) is 10.9. The Morgan fingerprint density at radius 3 is 2.41 bits per heavy atom. The van der Waals surface area contributed by atoms with E-state index in [1.807, 2.05) is 31.2 Å². The molecule has 0 bridgehead atoms. The first-order chi connectivity index (χ1) is 15.8. The number of rotatable bonds is 2. The van der Waals surface area contributed by atoms with Gasteiger partial charge < -0.3 is 9.72 Å². The molecular weight excluding hydrogens is 390 g/mol. The number of fused-ring (bicyclic) bond motifs is 7. The lowest BCUT2D eigenvalue weighted by atomic mass is 9.95. The molecule has 1 aliphatic heterocycles. The molecule has 1 N–H and O–H groups in total. The molecule has 2 heteroatoms. The number of allylic oxidation sites excluding steroid dienone is 5. The van der Waals surface area contributed by atoms with E-state index in [0.29, 0.717) is 0 Å². The van der Waals surface area contributed by atoms with Crippen molar-refractivity contribution in [2.45, 2.75) is 13.3 Å². The van der Waals surface area contributed by atoms with Crippen LogP contribution in [-0.2, 0) is 6.42 Å². The summed E-state index contributed by atoms with van der Waals surface area (Å²) in [4.78, 5) is 3.59. The minimum atomic E-state index is 0.889. The van der Waals surface area contributed by atoms with Gasteiger partial charge in [-0.3, -0.25) is 0 Å². The summed E-state index contributed by atoms with van der Waals surface area (Å²) in [5.41, 5.74) is 4.86. The van der Waals surface area contributed by atoms with Gasteiger partial charge in [-0.1, -0.05) is 79.4 Å². The van der Waals surface area contributed by atoms with Crippen LogP contribution >= 0.6 is 0 Å². The second-order valence-electron chi connectivity index (χ2n) is 7.87. The Morgan fingerprint density at radius 2 is 1.59 bits per heavy atom. The van der Waals surface area contributed by atoms with Gasteiger partial charge in [-0.05, 0) is 48.0 Å². The van der Waals surface area contributed by atoms with E-state index in [1.165, 1.54) is 43.7 Å². The van der Waals surface area contributed by atoms with E-state index < -0.39 is 0 Å². The maximum absolute atomic E-state index is 6.27. The Labute approximate surface area is 188 Å². The van der Waals surface area contributed by atoms with Gasteiger partial charge in [0.2, 0.25) is 0 Å². The van der Waals surface area contributed by atoms with Crippen LogP contribution < -0.4 is 4.74 Å². The van der Waals surface area contributed by atoms with E-state index in [9.17, 15) is 0 Å². The highest BCUT2D eigenvalue weighted by Gasteiger charge is 2.21. The molecule has 156 valence electrons. The molecule has 1 aliphatic rings. The SMILES string of the molecule is C=C/C=C\C=C/C.c1ccc2cc3c(cc2c1)Cc1c(ccc2c1[nH]c1ccccc12)O3. The van der Waals surface area contributed by atoms with Crippen molar-refractivity contribution >= 4 is 32.6 Å². The van der Waals surface area contributed by atoms with Crippen molar-refractivity contribution in [1.82, 2.24) is 4.98 Å². The molecular formula is C30H25NO. The number of para-hydroxylation sites is 1. The molecule has 2 nitrogen and oxygen atoms in total. The number of hydrogen-bond donors (Lipinski definition) is 1. The minimum Gasteiger partial charge on any atom is -0.457 e. The molecule has 6 rings (SSSR count). The third-order valence-electron chi connectivity index (χ3n) is 5.81. The molecule has 2 heterocycles. The van der Waals surface area contributed by atoms with Crippen LogP contribution in [-0.4, -0.2) is 4.98 Å². The Hall–Kier alpha value is -4.04. The van der Waals surface area contributed by atoms with Gasteiger partial charge in [0.1, 0.15) is 11.5 Å². The van der Waals surface area contributed by atoms with Crippen molar-refractivity contribution in [2.75, 3.05) is 0 Å². The van der Waals surface area contributed by atoms with Gasteiger partial charge in [-0.2, -0.15) is 0 Å². The third kappa shape index (κ3) is 3.61. The van der Waals surface area contributed by atoms with Crippen molar-refractivity contribution in [2.24, 2.45) is 0 Å². The van der Waals surface area contributed by atoms with Gasteiger partial charge in [0.05, 0.1) is 5.52 Å². The number of nitrogens with one attached hydrogen (secondary N) is 1. The van der Waals surface area contributed by atoms with Gasteiger partial charge in [-0.15, -0.1) is 0 Å². The standard InChI is InChI=1S/C23H15NO.C7H10/c1-2-6-15-13-22-16(11-14(15)5-1)12-19-21(25-22)10-9-18-17-7-3-4-8-20(17)24-23(18)19;1-3-5-7-6-4-2/h1-11,13,24H,12H2;3-7H,1H2,2H3/b;6-4-,7-5-. The first-order valence-electron chi connectivity index (χ1n) is 10.9. The van der Waals surface area contributed by atoms with Crippen molar-refractivity contribution in [1.29, 1.82) is 0 Å². The fourth-order valence-electron chi connectivity index (χ4n) is 4.29. The van der Waals surface area contributed by atoms with Crippen LogP contribution in [0.3, 0.4) is 0 Å². The molecule has 32 heavy (non-hydrogen) atoms. The van der Waals surface area contributed by atoms with E-state index in [-0.39, 0.29) is 0 Å². The number of H-pyrrole nitrogens is 1. The zero-order valence-electron chi connectivity index (χ0n) is 18.1. The Bertz CT molecular complexity index is 1500. The van der Waals surface area contributed by atoms with Crippen LogP contribution in [0.1, 0.15) is 18.1 Å². The van der Waals surface area contributed by atoms with Gasteiger partial charge in [0.15, 0.2) is 0 Å². The maximum atomic E-state index is 6.27. The van der Waals surface area contributed by atoms with Crippen molar-refractivity contribution in [3.8, 4) is 11.5 Å². The molecule has 0 radical (unpaired) electrons. The van der Waals surface area contributed by atoms with Crippen LogP contribution in [0.4, 0.5) is 0 Å². The van der Waals surface area contributed by atoms with E-state index in [1.54, 1.807) is 6.08 Å². The average Bonchev–Trinajstić information content (AvgIpc) is 3.21. The summed E-state index contributed by atoms with van der Waals surface area (Å²) in [6.45, 7) is 5.49. The van der Waals surface area contributed by atoms with Gasteiger partial charge in [0, 0.05) is 33.8 Å². The molecule has 0 spiro atoms. The van der Waals surface area contributed by atoms with Crippen molar-refractivity contribution in [3.63, 3.8) is 0 Å². The molecule has 0 saturated carbocycles.